The first-order valence-electron chi connectivity index (χ1n) is 23.0. The number of ether oxygens (including phenoxy) is 1. The highest BCUT2D eigenvalue weighted by Crippen LogP contribution is 2.45. The molecule has 0 aliphatic carbocycles. The largest absolute Gasteiger partial charge is 0.519 e. The Balaban J connectivity index is 0.000000166. The summed E-state index contributed by atoms with van der Waals surface area (Å²) in [4.78, 5) is 69.6. The number of hydrogen-bond donors (Lipinski definition) is 1. The molecule has 0 saturated carbocycles. The number of amides is 2. The molecule has 0 bridgehead atoms. The van der Waals surface area contributed by atoms with Crippen molar-refractivity contribution < 1.29 is 28.3 Å². The number of fused-ring (bicyclic) bond motifs is 6. The van der Waals surface area contributed by atoms with E-state index in [1.165, 1.54) is 28.2 Å². The standard InChI is InChI=1S/C29H27N3O6S.C24H23N3O3S/c1-17(2)30-16-32(25-20-9-5-4-8-19(20)15-39-24-11-7-6-10-21(24)25)31-13-12-22(33)27(26(31)28(30)34)36-14-23-18(3)37-29(35)38-23;1-15(2)25-14-27(26-12-11-19(28)23(29)22(26)24(25)30)21-17-8-4-3-7-16(17)13-31-20-10-6-5-9-18(20)21/h4-13,17,25H,14-16H2,1-3H3;3-12,15,21,29H,13-14H2,1-2H3. The molecular formula is C53H50N6O9S2. The molecular weight excluding hydrogens is 929 g/mol. The van der Waals surface area contributed by atoms with Crippen LogP contribution < -0.4 is 31.4 Å². The van der Waals surface area contributed by atoms with Crippen molar-refractivity contribution in [1.82, 2.24) is 19.2 Å². The first-order valence-corrected chi connectivity index (χ1v) is 24.9. The van der Waals surface area contributed by atoms with E-state index < -0.39 is 22.4 Å². The van der Waals surface area contributed by atoms with E-state index >= 15 is 0 Å². The molecule has 358 valence electrons. The number of carbonyl (C=O) groups excluding carboxylic acids is 2. The van der Waals surface area contributed by atoms with E-state index in [4.69, 9.17) is 13.6 Å². The third-order valence-corrected chi connectivity index (χ3v) is 15.4. The van der Waals surface area contributed by atoms with Crippen LogP contribution in [-0.2, 0) is 18.1 Å². The molecule has 15 nitrogen and oxygen atoms in total. The molecule has 7 heterocycles. The minimum atomic E-state index is -0.852. The molecule has 17 heteroatoms. The lowest BCUT2D eigenvalue weighted by molar-refractivity contribution is 0.0611. The zero-order valence-electron chi connectivity index (χ0n) is 39.1. The third kappa shape index (κ3) is 8.25. The third-order valence-electron chi connectivity index (χ3n) is 13.1. The summed E-state index contributed by atoms with van der Waals surface area (Å²) < 4.78 is 19.3. The Hall–Kier alpha value is -7.37. The van der Waals surface area contributed by atoms with Crippen LogP contribution in [0.3, 0.4) is 0 Å². The molecule has 0 saturated heterocycles. The first kappa shape index (κ1) is 46.4. The molecule has 4 aliphatic heterocycles. The first-order chi connectivity index (χ1) is 33.8. The van der Waals surface area contributed by atoms with Gasteiger partial charge in [-0.1, -0.05) is 84.9 Å². The van der Waals surface area contributed by atoms with Gasteiger partial charge in [-0.15, -0.1) is 23.5 Å². The lowest BCUT2D eigenvalue weighted by Crippen LogP contribution is -2.57. The molecule has 0 radical (unpaired) electrons. The molecule has 0 fully saturated rings. The molecule has 3 aromatic heterocycles. The fourth-order valence-corrected chi connectivity index (χ4v) is 11.7. The zero-order valence-corrected chi connectivity index (χ0v) is 40.7. The van der Waals surface area contributed by atoms with Crippen molar-refractivity contribution in [3.8, 4) is 11.5 Å². The summed E-state index contributed by atoms with van der Waals surface area (Å²) >= 11 is 3.59. The molecule has 70 heavy (non-hydrogen) atoms. The molecule has 2 atom stereocenters. The predicted molar refractivity (Wildman–Crippen MR) is 267 cm³/mol. The second-order valence-electron chi connectivity index (χ2n) is 17.9. The van der Waals surface area contributed by atoms with Crippen molar-refractivity contribution in [2.24, 2.45) is 0 Å². The van der Waals surface area contributed by atoms with E-state index in [0.29, 0.717) is 13.3 Å². The van der Waals surface area contributed by atoms with Crippen LogP contribution in [-0.4, -0.2) is 61.5 Å². The van der Waals surface area contributed by atoms with E-state index in [0.717, 1.165) is 38.7 Å². The average Bonchev–Trinajstić information content (AvgIpc) is 3.48. The fraction of sp³-hybridized carbons (Fsp3) is 0.264. The van der Waals surface area contributed by atoms with Gasteiger partial charge in [0.15, 0.2) is 34.4 Å². The van der Waals surface area contributed by atoms with Gasteiger partial charge in [0.25, 0.3) is 11.8 Å². The molecule has 1 N–H and O–H groups in total. The number of nitrogens with zero attached hydrogens (tertiary/aromatic N) is 6. The van der Waals surface area contributed by atoms with Crippen LogP contribution in [0.2, 0.25) is 0 Å². The number of rotatable bonds is 7. The summed E-state index contributed by atoms with van der Waals surface area (Å²) in [6.45, 7) is 9.75. The van der Waals surface area contributed by atoms with Crippen LogP contribution in [0.15, 0.2) is 155 Å². The van der Waals surface area contributed by atoms with Gasteiger partial charge >= 0.3 is 5.82 Å². The van der Waals surface area contributed by atoms with Gasteiger partial charge in [-0.05, 0) is 80.1 Å². The van der Waals surface area contributed by atoms with E-state index in [2.05, 4.69) is 58.5 Å². The Morgan fingerprint density at radius 2 is 1.06 bits per heavy atom. The Labute approximate surface area is 411 Å². The van der Waals surface area contributed by atoms with Gasteiger partial charge in [0.05, 0.1) is 12.1 Å². The Morgan fingerprint density at radius 1 is 0.600 bits per heavy atom. The smallest absolute Gasteiger partial charge is 0.502 e. The monoisotopic (exact) mass is 978 g/mol. The van der Waals surface area contributed by atoms with Crippen LogP contribution in [0.25, 0.3) is 0 Å². The van der Waals surface area contributed by atoms with Crippen LogP contribution in [0, 0.1) is 6.92 Å². The van der Waals surface area contributed by atoms with Gasteiger partial charge in [-0.2, -0.15) is 0 Å². The molecule has 4 aliphatic rings. The summed E-state index contributed by atoms with van der Waals surface area (Å²) in [5, 5.41) is 14.7. The molecule has 4 aromatic carbocycles. The fourth-order valence-electron chi connectivity index (χ4n) is 9.52. The Kier molecular flexibility index (Phi) is 12.5. The highest BCUT2D eigenvalue weighted by Gasteiger charge is 2.41. The molecule has 2 unspecified atom stereocenters. The number of benzene rings is 4. The number of aromatic nitrogens is 2. The predicted octanol–water partition coefficient (Wildman–Crippen LogP) is 8.15. The topological polar surface area (TPSA) is 164 Å². The van der Waals surface area contributed by atoms with Crippen molar-refractivity contribution in [1.29, 1.82) is 0 Å². The van der Waals surface area contributed by atoms with E-state index in [1.807, 2.05) is 76.2 Å². The van der Waals surface area contributed by atoms with E-state index in [1.54, 1.807) is 62.0 Å². The summed E-state index contributed by atoms with van der Waals surface area (Å²) in [5.74, 6) is -0.0301. The van der Waals surface area contributed by atoms with Crippen molar-refractivity contribution in [3.63, 3.8) is 0 Å². The maximum atomic E-state index is 13.9. The maximum Gasteiger partial charge on any atom is 0.519 e. The lowest BCUT2D eigenvalue weighted by Gasteiger charge is -2.45. The minimum absolute atomic E-state index is 0.0133. The van der Waals surface area contributed by atoms with Crippen LogP contribution in [0.4, 0.5) is 0 Å². The van der Waals surface area contributed by atoms with Crippen molar-refractivity contribution in [3.05, 3.63) is 209 Å². The van der Waals surface area contributed by atoms with Gasteiger partial charge in [0.1, 0.15) is 19.9 Å². The SMILES string of the molecule is CC(C)N1CN(C2c3ccccc3CSc3ccccc32)n2ccc(=O)c(O)c2C1=O.Cc1oc(=O)oc1COc1c2n(ccc1=O)N(C1c3ccccc3CSc3ccccc31)CN(C(C)C)C2=O. The van der Waals surface area contributed by atoms with Gasteiger partial charge in [0, 0.05) is 57.9 Å². The van der Waals surface area contributed by atoms with Crippen molar-refractivity contribution >= 4 is 35.3 Å². The van der Waals surface area contributed by atoms with Crippen LogP contribution in [0.1, 0.15) is 106 Å². The maximum absolute atomic E-state index is 13.9. The second kappa shape index (κ2) is 18.8. The highest BCUT2D eigenvalue weighted by atomic mass is 32.2. The zero-order chi connectivity index (χ0) is 49.0. The Morgan fingerprint density at radius 3 is 1.56 bits per heavy atom. The normalized spacial score (nSPS) is 17.1. The van der Waals surface area contributed by atoms with Crippen LogP contribution in [0.5, 0.6) is 11.5 Å². The van der Waals surface area contributed by atoms with Gasteiger partial charge < -0.3 is 28.5 Å². The minimum Gasteiger partial charge on any atom is -0.502 e. The number of aromatic hydroxyl groups is 1. The summed E-state index contributed by atoms with van der Waals surface area (Å²) in [7, 11) is 0. The van der Waals surface area contributed by atoms with Crippen molar-refractivity contribution in [2.75, 3.05) is 23.4 Å². The highest BCUT2D eigenvalue weighted by molar-refractivity contribution is 7.98. The van der Waals surface area contributed by atoms with E-state index in [9.17, 15) is 29.1 Å². The number of thioether (sulfide) groups is 2. The van der Waals surface area contributed by atoms with Crippen LogP contribution >= 0.6 is 23.5 Å². The number of hydrogen-bond acceptors (Lipinski definition) is 13. The number of pyridine rings is 2. The van der Waals surface area contributed by atoms with Crippen molar-refractivity contribution in [2.45, 2.75) is 86.7 Å². The Bertz CT molecular complexity index is 3260. The van der Waals surface area contributed by atoms with E-state index in [-0.39, 0.29) is 71.2 Å². The lowest BCUT2D eigenvalue weighted by atomic mass is 9.94. The van der Waals surface area contributed by atoms with Gasteiger partial charge in [-0.25, -0.2) is 4.79 Å². The van der Waals surface area contributed by atoms with Gasteiger partial charge in [0.2, 0.25) is 10.9 Å². The number of aryl methyl sites for hydroxylation is 1. The summed E-state index contributed by atoms with van der Waals surface area (Å²) in [6.07, 6.45) is 3.22. The molecule has 7 aromatic rings. The summed E-state index contributed by atoms with van der Waals surface area (Å²) in [5.41, 5.74) is 6.13. The average molecular weight is 979 g/mol. The quantitative estimate of drug-likeness (QED) is 0.163. The molecule has 2 amide bonds. The second-order valence-corrected chi connectivity index (χ2v) is 19.9. The van der Waals surface area contributed by atoms with Gasteiger partial charge in [-0.3, -0.25) is 38.5 Å². The number of carbonyl (C=O) groups is 2. The summed E-state index contributed by atoms with van der Waals surface area (Å²) in [6, 6.07) is 35.3. The molecule has 11 rings (SSSR count). The molecule has 0 spiro atoms.